The maximum Gasteiger partial charge on any atom is 0.324 e. The van der Waals surface area contributed by atoms with Gasteiger partial charge in [0.05, 0.1) is 0 Å². The highest BCUT2D eigenvalue weighted by Gasteiger charge is 2.27. The van der Waals surface area contributed by atoms with Crippen LogP contribution in [0.3, 0.4) is 0 Å². The number of hydrogen-bond acceptors (Lipinski definition) is 2. The third-order valence-electron chi connectivity index (χ3n) is 2.73. The van der Waals surface area contributed by atoms with E-state index in [1.165, 1.54) is 5.56 Å². The Balaban J connectivity index is 2.00. The molecule has 4 heteroatoms. The second-order valence-electron chi connectivity index (χ2n) is 4.05. The third kappa shape index (κ3) is 2.21. The summed E-state index contributed by atoms with van der Waals surface area (Å²) in [4.78, 5) is 23.9. The van der Waals surface area contributed by atoms with E-state index in [0.29, 0.717) is 6.54 Å². The van der Waals surface area contributed by atoms with Crippen LogP contribution in [0, 0.1) is 0 Å². The average molecular weight is 218 g/mol. The van der Waals surface area contributed by atoms with Crippen LogP contribution >= 0.6 is 0 Å². The van der Waals surface area contributed by atoms with E-state index < -0.39 is 0 Å². The summed E-state index contributed by atoms with van der Waals surface area (Å²) in [6.07, 6.45) is 0. The molecule has 1 saturated heterocycles. The van der Waals surface area contributed by atoms with Gasteiger partial charge in [-0.1, -0.05) is 37.3 Å². The predicted molar refractivity (Wildman–Crippen MR) is 60.0 cm³/mol. The predicted octanol–water partition coefficient (Wildman–Crippen LogP) is 1.34. The van der Waals surface area contributed by atoms with Crippen molar-refractivity contribution >= 4 is 11.9 Å². The molecule has 1 atom stereocenters. The zero-order chi connectivity index (χ0) is 11.5. The van der Waals surface area contributed by atoms with Crippen LogP contribution in [0.15, 0.2) is 30.3 Å². The van der Waals surface area contributed by atoms with E-state index in [2.05, 4.69) is 5.32 Å². The van der Waals surface area contributed by atoms with Gasteiger partial charge in [0.1, 0.15) is 6.54 Å². The van der Waals surface area contributed by atoms with E-state index >= 15 is 0 Å². The minimum absolute atomic E-state index is 0.177. The highest BCUT2D eigenvalue weighted by molar-refractivity contribution is 6.01. The monoisotopic (exact) mass is 218 g/mol. The number of amides is 3. The summed E-state index contributed by atoms with van der Waals surface area (Å²) in [5, 5.41) is 2.27. The Morgan fingerprint density at radius 2 is 2.00 bits per heavy atom. The molecular formula is C12H14N2O2. The van der Waals surface area contributed by atoms with E-state index in [-0.39, 0.29) is 24.4 Å². The lowest BCUT2D eigenvalue weighted by molar-refractivity contribution is -0.118. The molecule has 1 fully saturated rings. The summed E-state index contributed by atoms with van der Waals surface area (Å²) < 4.78 is 0. The second-order valence-corrected chi connectivity index (χ2v) is 4.05. The molecule has 1 unspecified atom stereocenters. The van der Waals surface area contributed by atoms with Crippen LogP contribution in [0.5, 0.6) is 0 Å². The average Bonchev–Trinajstić information content (AvgIpc) is 2.59. The van der Waals surface area contributed by atoms with E-state index in [1.54, 1.807) is 4.90 Å². The van der Waals surface area contributed by atoms with Crippen LogP contribution in [0.2, 0.25) is 0 Å². The smallest absolute Gasteiger partial charge is 0.315 e. The number of nitrogens with zero attached hydrogens (tertiary/aromatic N) is 1. The van der Waals surface area contributed by atoms with Crippen LogP contribution in [0.4, 0.5) is 4.79 Å². The fourth-order valence-corrected chi connectivity index (χ4v) is 1.85. The van der Waals surface area contributed by atoms with Gasteiger partial charge >= 0.3 is 6.03 Å². The number of benzene rings is 1. The van der Waals surface area contributed by atoms with Crippen molar-refractivity contribution in [1.82, 2.24) is 10.2 Å². The van der Waals surface area contributed by atoms with Gasteiger partial charge in [0.15, 0.2) is 0 Å². The number of hydrogen-bond donors (Lipinski definition) is 1. The maximum absolute atomic E-state index is 11.3. The van der Waals surface area contributed by atoms with Gasteiger partial charge in [-0.3, -0.25) is 10.1 Å². The SMILES string of the molecule is CC(CN1CC(=O)NC1=O)c1ccccc1. The molecule has 1 heterocycles. The maximum atomic E-state index is 11.3. The van der Waals surface area contributed by atoms with Gasteiger partial charge in [-0.2, -0.15) is 0 Å². The molecule has 1 aliphatic heterocycles. The molecule has 16 heavy (non-hydrogen) atoms. The van der Waals surface area contributed by atoms with Gasteiger partial charge in [-0.15, -0.1) is 0 Å². The Kier molecular flexibility index (Phi) is 2.90. The van der Waals surface area contributed by atoms with Crippen LogP contribution < -0.4 is 5.32 Å². The molecule has 0 aliphatic carbocycles. The van der Waals surface area contributed by atoms with Crippen LogP contribution in [0.1, 0.15) is 18.4 Å². The Morgan fingerprint density at radius 1 is 1.31 bits per heavy atom. The summed E-state index contributed by atoms with van der Waals surface area (Å²) in [6.45, 7) is 2.79. The van der Waals surface area contributed by atoms with E-state index in [0.717, 1.165) is 0 Å². The number of imide groups is 1. The van der Waals surface area contributed by atoms with Gasteiger partial charge < -0.3 is 4.90 Å². The first-order valence-electron chi connectivity index (χ1n) is 5.30. The molecule has 0 aromatic heterocycles. The Labute approximate surface area is 94.2 Å². The number of rotatable bonds is 3. The molecule has 0 saturated carbocycles. The standard InChI is InChI=1S/C12H14N2O2/c1-9(10-5-3-2-4-6-10)7-14-8-11(15)13-12(14)16/h2-6,9H,7-8H2,1H3,(H,13,15,16). The Hall–Kier alpha value is -1.84. The highest BCUT2D eigenvalue weighted by atomic mass is 16.2. The quantitative estimate of drug-likeness (QED) is 0.778. The van der Waals surface area contributed by atoms with Crippen molar-refractivity contribution in [2.75, 3.05) is 13.1 Å². The summed E-state index contributed by atoms with van der Waals surface area (Å²) in [7, 11) is 0. The summed E-state index contributed by atoms with van der Waals surface area (Å²) in [6, 6.07) is 9.68. The molecule has 0 radical (unpaired) electrons. The molecule has 1 aromatic carbocycles. The zero-order valence-corrected chi connectivity index (χ0v) is 9.14. The molecule has 1 N–H and O–H groups in total. The molecular weight excluding hydrogens is 204 g/mol. The lowest BCUT2D eigenvalue weighted by atomic mass is 10.0. The van der Waals surface area contributed by atoms with Crippen molar-refractivity contribution in [3.8, 4) is 0 Å². The van der Waals surface area contributed by atoms with Crippen molar-refractivity contribution in [3.05, 3.63) is 35.9 Å². The Bertz CT molecular complexity index is 403. The zero-order valence-electron chi connectivity index (χ0n) is 9.14. The fraction of sp³-hybridized carbons (Fsp3) is 0.333. The number of urea groups is 1. The molecule has 84 valence electrons. The van der Waals surface area contributed by atoms with Crippen LogP contribution in [-0.4, -0.2) is 29.9 Å². The molecule has 0 spiro atoms. The molecule has 3 amide bonds. The number of carbonyl (C=O) groups is 2. The van der Waals surface area contributed by atoms with Crippen molar-refractivity contribution in [1.29, 1.82) is 0 Å². The molecule has 2 rings (SSSR count). The lowest BCUT2D eigenvalue weighted by Gasteiger charge is -2.19. The van der Waals surface area contributed by atoms with Crippen molar-refractivity contribution in [2.24, 2.45) is 0 Å². The normalized spacial score (nSPS) is 17.4. The van der Waals surface area contributed by atoms with Gasteiger partial charge in [0.25, 0.3) is 0 Å². The van der Waals surface area contributed by atoms with Crippen molar-refractivity contribution in [3.63, 3.8) is 0 Å². The van der Waals surface area contributed by atoms with E-state index in [4.69, 9.17) is 0 Å². The van der Waals surface area contributed by atoms with Crippen molar-refractivity contribution < 1.29 is 9.59 Å². The van der Waals surface area contributed by atoms with Crippen molar-refractivity contribution in [2.45, 2.75) is 12.8 Å². The van der Waals surface area contributed by atoms with Gasteiger partial charge in [-0.25, -0.2) is 4.79 Å². The van der Waals surface area contributed by atoms with Gasteiger partial charge in [-0.05, 0) is 11.5 Å². The molecule has 1 aromatic rings. The third-order valence-corrected chi connectivity index (χ3v) is 2.73. The van der Waals surface area contributed by atoms with E-state index in [1.807, 2.05) is 37.3 Å². The molecule has 4 nitrogen and oxygen atoms in total. The number of nitrogens with one attached hydrogen (secondary N) is 1. The first-order chi connectivity index (χ1) is 7.66. The topological polar surface area (TPSA) is 49.4 Å². The van der Waals surface area contributed by atoms with E-state index in [9.17, 15) is 9.59 Å². The fourth-order valence-electron chi connectivity index (χ4n) is 1.85. The summed E-state index contributed by atoms with van der Waals surface area (Å²) in [5.41, 5.74) is 1.18. The first kappa shape index (κ1) is 10.7. The molecule has 0 bridgehead atoms. The lowest BCUT2D eigenvalue weighted by Crippen LogP contribution is -2.31. The van der Waals surface area contributed by atoms with Crippen LogP contribution in [0.25, 0.3) is 0 Å². The highest BCUT2D eigenvalue weighted by Crippen LogP contribution is 2.16. The van der Waals surface area contributed by atoms with Gasteiger partial charge in [0.2, 0.25) is 5.91 Å². The number of carbonyl (C=O) groups excluding carboxylic acids is 2. The van der Waals surface area contributed by atoms with Gasteiger partial charge in [0, 0.05) is 6.54 Å². The van der Waals surface area contributed by atoms with Crippen LogP contribution in [-0.2, 0) is 4.79 Å². The largest absolute Gasteiger partial charge is 0.324 e. The summed E-state index contributed by atoms with van der Waals surface area (Å²) in [5.74, 6) is 0.0168. The minimum atomic E-state index is -0.284. The summed E-state index contributed by atoms with van der Waals surface area (Å²) >= 11 is 0. The second kappa shape index (κ2) is 4.35. The molecule has 1 aliphatic rings. The Morgan fingerprint density at radius 3 is 2.56 bits per heavy atom. The first-order valence-corrected chi connectivity index (χ1v) is 5.30. The minimum Gasteiger partial charge on any atom is -0.315 e.